The van der Waals surface area contributed by atoms with Gasteiger partial charge in [0.1, 0.15) is 0 Å². The molecule has 7 heteroatoms. The standard InChI is InChI=1S/C29H41N5O2/c1-2-15-32-18-20-33(21-19-32)16-8-14-30-28(35)25-10-6-9-24(22-25)26-11-7-17-34(23-26)29(36)31-27-12-4-3-5-13-27/h3-6,9-10,12-13,22,26H,2,7-8,11,14-21,23H2,1H3,(H,30,35)(H,31,36)/t26-/m1/s1. The molecular formula is C29H41N5O2. The molecule has 7 nitrogen and oxygen atoms in total. The summed E-state index contributed by atoms with van der Waals surface area (Å²) in [5.41, 5.74) is 2.64. The number of carbonyl (C=O) groups excluding carboxylic acids is 2. The van der Waals surface area contributed by atoms with Crippen molar-refractivity contribution in [3.63, 3.8) is 0 Å². The van der Waals surface area contributed by atoms with E-state index < -0.39 is 0 Å². The Morgan fingerprint density at radius 3 is 2.42 bits per heavy atom. The first-order chi connectivity index (χ1) is 17.6. The molecule has 2 aromatic carbocycles. The van der Waals surface area contributed by atoms with Gasteiger partial charge in [-0.05, 0) is 68.6 Å². The lowest BCUT2D eigenvalue weighted by molar-refractivity contribution is 0.0947. The second-order valence-corrected chi connectivity index (χ2v) is 10.00. The Morgan fingerprint density at radius 1 is 0.917 bits per heavy atom. The third-order valence-corrected chi connectivity index (χ3v) is 7.30. The maximum Gasteiger partial charge on any atom is 0.321 e. The molecule has 2 aliphatic heterocycles. The Labute approximate surface area is 215 Å². The highest BCUT2D eigenvalue weighted by atomic mass is 16.2. The fourth-order valence-electron chi connectivity index (χ4n) is 5.25. The number of hydrogen-bond donors (Lipinski definition) is 2. The Morgan fingerprint density at radius 2 is 1.67 bits per heavy atom. The van der Waals surface area contributed by atoms with Crippen LogP contribution >= 0.6 is 0 Å². The molecule has 0 unspecified atom stereocenters. The van der Waals surface area contributed by atoms with Gasteiger partial charge in [0, 0.05) is 63.0 Å². The van der Waals surface area contributed by atoms with Gasteiger partial charge in [-0.1, -0.05) is 37.3 Å². The number of urea groups is 1. The lowest BCUT2D eigenvalue weighted by atomic mass is 9.89. The van der Waals surface area contributed by atoms with Crippen molar-refractivity contribution in [3.8, 4) is 0 Å². The summed E-state index contributed by atoms with van der Waals surface area (Å²) in [4.78, 5) is 32.5. The number of likely N-dealkylation sites (tertiary alicyclic amines) is 1. The molecule has 2 saturated heterocycles. The summed E-state index contributed by atoms with van der Waals surface area (Å²) >= 11 is 0. The number of piperazine rings is 1. The molecule has 0 saturated carbocycles. The molecule has 194 valence electrons. The SMILES string of the molecule is CCCN1CCN(CCCNC(=O)c2cccc([C@@H]3CCCN(C(=O)Nc4ccccc4)C3)c2)CC1. The predicted molar refractivity (Wildman–Crippen MR) is 146 cm³/mol. The van der Waals surface area contributed by atoms with Crippen molar-refractivity contribution in [1.82, 2.24) is 20.0 Å². The van der Waals surface area contributed by atoms with Crippen LogP contribution in [-0.2, 0) is 0 Å². The Kier molecular flexibility index (Phi) is 9.76. The fraction of sp³-hybridized carbons (Fsp3) is 0.517. The molecule has 0 aromatic heterocycles. The highest BCUT2D eigenvalue weighted by Crippen LogP contribution is 2.28. The van der Waals surface area contributed by atoms with E-state index in [1.54, 1.807) is 0 Å². The van der Waals surface area contributed by atoms with Crippen LogP contribution in [0, 0.1) is 0 Å². The van der Waals surface area contributed by atoms with E-state index in [1.807, 2.05) is 53.4 Å². The van der Waals surface area contributed by atoms with Gasteiger partial charge in [0.05, 0.1) is 0 Å². The third-order valence-electron chi connectivity index (χ3n) is 7.30. The van der Waals surface area contributed by atoms with E-state index in [0.717, 1.165) is 69.8 Å². The van der Waals surface area contributed by atoms with Crippen LogP contribution in [0.1, 0.15) is 54.4 Å². The van der Waals surface area contributed by atoms with Gasteiger partial charge in [-0.3, -0.25) is 4.79 Å². The van der Waals surface area contributed by atoms with Crippen molar-refractivity contribution in [2.45, 2.75) is 38.5 Å². The monoisotopic (exact) mass is 491 g/mol. The van der Waals surface area contributed by atoms with E-state index in [-0.39, 0.29) is 17.9 Å². The summed E-state index contributed by atoms with van der Waals surface area (Å²) in [5.74, 6) is 0.221. The molecule has 0 spiro atoms. The van der Waals surface area contributed by atoms with E-state index in [1.165, 1.54) is 13.0 Å². The van der Waals surface area contributed by atoms with Crippen LogP contribution < -0.4 is 10.6 Å². The minimum absolute atomic E-state index is 0.0147. The highest BCUT2D eigenvalue weighted by Gasteiger charge is 2.25. The first-order valence-corrected chi connectivity index (χ1v) is 13.6. The molecule has 2 aromatic rings. The van der Waals surface area contributed by atoms with Gasteiger partial charge < -0.3 is 25.3 Å². The van der Waals surface area contributed by atoms with Crippen molar-refractivity contribution in [1.29, 1.82) is 0 Å². The van der Waals surface area contributed by atoms with E-state index in [9.17, 15) is 9.59 Å². The number of benzene rings is 2. The summed E-state index contributed by atoms with van der Waals surface area (Å²) in [5, 5.41) is 6.09. The van der Waals surface area contributed by atoms with E-state index in [0.29, 0.717) is 18.7 Å². The third kappa shape index (κ3) is 7.55. The zero-order valence-electron chi connectivity index (χ0n) is 21.6. The van der Waals surface area contributed by atoms with Crippen LogP contribution in [0.15, 0.2) is 54.6 Å². The quantitative estimate of drug-likeness (QED) is 0.515. The summed E-state index contributed by atoms with van der Waals surface area (Å²) in [6, 6.07) is 17.4. The van der Waals surface area contributed by atoms with Gasteiger partial charge in [0.25, 0.3) is 5.91 Å². The minimum Gasteiger partial charge on any atom is -0.352 e. The minimum atomic E-state index is -0.0634. The smallest absolute Gasteiger partial charge is 0.321 e. The van der Waals surface area contributed by atoms with E-state index in [2.05, 4.69) is 33.4 Å². The fourth-order valence-corrected chi connectivity index (χ4v) is 5.25. The number of rotatable bonds is 9. The van der Waals surface area contributed by atoms with Crippen LogP contribution in [-0.4, -0.2) is 85.5 Å². The zero-order chi connectivity index (χ0) is 25.2. The molecule has 0 radical (unpaired) electrons. The number of nitrogens with zero attached hydrogens (tertiary/aromatic N) is 3. The van der Waals surface area contributed by atoms with Crippen LogP contribution in [0.25, 0.3) is 0 Å². The first kappa shape index (κ1) is 26.2. The second-order valence-electron chi connectivity index (χ2n) is 10.00. The molecule has 1 atom stereocenters. The number of piperidine rings is 1. The van der Waals surface area contributed by atoms with Gasteiger partial charge in [-0.15, -0.1) is 0 Å². The average molecular weight is 492 g/mol. The lowest BCUT2D eigenvalue weighted by Gasteiger charge is -2.34. The number of amides is 3. The number of anilines is 1. The normalized spacial score (nSPS) is 19.1. The molecule has 2 heterocycles. The number of nitrogens with one attached hydrogen (secondary N) is 2. The number of hydrogen-bond acceptors (Lipinski definition) is 4. The van der Waals surface area contributed by atoms with Crippen molar-refractivity contribution in [2.75, 3.05) is 64.2 Å². The van der Waals surface area contributed by atoms with E-state index >= 15 is 0 Å². The number of carbonyl (C=O) groups is 2. The summed E-state index contributed by atoms with van der Waals surface area (Å²) < 4.78 is 0. The molecule has 0 bridgehead atoms. The second kappa shape index (κ2) is 13.4. The van der Waals surface area contributed by atoms with Crippen LogP contribution in [0.2, 0.25) is 0 Å². The largest absolute Gasteiger partial charge is 0.352 e. The first-order valence-electron chi connectivity index (χ1n) is 13.6. The Hall–Kier alpha value is -2.90. The molecule has 0 aliphatic carbocycles. The van der Waals surface area contributed by atoms with Crippen molar-refractivity contribution >= 4 is 17.6 Å². The molecule has 36 heavy (non-hydrogen) atoms. The lowest BCUT2D eigenvalue weighted by Crippen LogP contribution is -2.47. The van der Waals surface area contributed by atoms with Gasteiger partial charge in [-0.2, -0.15) is 0 Å². The van der Waals surface area contributed by atoms with Gasteiger partial charge in [0.2, 0.25) is 0 Å². The van der Waals surface area contributed by atoms with Crippen LogP contribution in [0.4, 0.5) is 10.5 Å². The van der Waals surface area contributed by atoms with Gasteiger partial charge in [0.15, 0.2) is 0 Å². The maximum absolute atomic E-state index is 12.8. The van der Waals surface area contributed by atoms with Gasteiger partial charge >= 0.3 is 6.03 Å². The van der Waals surface area contributed by atoms with Crippen molar-refractivity contribution < 1.29 is 9.59 Å². The summed E-state index contributed by atoms with van der Waals surface area (Å²) in [6.07, 6.45) is 4.16. The van der Waals surface area contributed by atoms with Crippen molar-refractivity contribution in [3.05, 3.63) is 65.7 Å². The average Bonchev–Trinajstić information content (AvgIpc) is 2.93. The number of para-hydroxylation sites is 1. The topological polar surface area (TPSA) is 67.9 Å². The summed E-state index contributed by atoms with van der Waals surface area (Å²) in [7, 11) is 0. The molecule has 2 aliphatic rings. The van der Waals surface area contributed by atoms with Crippen LogP contribution in [0.5, 0.6) is 0 Å². The Bertz CT molecular complexity index is 975. The molecule has 3 amide bonds. The summed E-state index contributed by atoms with van der Waals surface area (Å²) in [6.45, 7) is 11.1. The highest BCUT2D eigenvalue weighted by molar-refractivity contribution is 5.94. The van der Waals surface area contributed by atoms with Crippen LogP contribution in [0.3, 0.4) is 0 Å². The molecule has 2 N–H and O–H groups in total. The molecular weight excluding hydrogens is 450 g/mol. The van der Waals surface area contributed by atoms with E-state index in [4.69, 9.17) is 0 Å². The molecule has 2 fully saturated rings. The predicted octanol–water partition coefficient (Wildman–Crippen LogP) is 4.25. The van der Waals surface area contributed by atoms with Crippen molar-refractivity contribution in [2.24, 2.45) is 0 Å². The van der Waals surface area contributed by atoms with Gasteiger partial charge in [-0.25, -0.2) is 4.79 Å². The molecule has 4 rings (SSSR count). The Balaban J connectivity index is 1.22. The maximum atomic E-state index is 12.8. The zero-order valence-corrected chi connectivity index (χ0v) is 21.6.